The predicted octanol–water partition coefficient (Wildman–Crippen LogP) is 3.77. The van der Waals surface area contributed by atoms with Crippen molar-refractivity contribution in [2.24, 2.45) is 0 Å². The third-order valence-corrected chi connectivity index (χ3v) is 6.34. The Hall–Kier alpha value is -2.99. The summed E-state index contributed by atoms with van der Waals surface area (Å²) in [5, 5.41) is 3.62. The first-order valence-electron chi connectivity index (χ1n) is 10.7. The second kappa shape index (κ2) is 9.02. The number of aromatic amines is 1. The lowest BCUT2D eigenvalue weighted by Crippen LogP contribution is -2.45. The second-order valence-corrected chi connectivity index (χ2v) is 8.25. The summed E-state index contributed by atoms with van der Waals surface area (Å²) >= 11 is 0. The number of halogens is 1. The van der Waals surface area contributed by atoms with E-state index in [1.54, 1.807) is 18.2 Å². The van der Waals surface area contributed by atoms with E-state index in [2.05, 4.69) is 10.3 Å². The van der Waals surface area contributed by atoms with E-state index >= 15 is 0 Å². The molecule has 1 saturated heterocycles. The summed E-state index contributed by atoms with van der Waals surface area (Å²) in [5.74, 6) is -0.397. The highest BCUT2D eigenvalue weighted by Gasteiger charge is 2.36. The molecule has 6 heteroatoms. The van der Waals surface area contributed by atoms with E-state index in [9.17, 15) is 14.0 Å². The van der Waals surface area contributed by atoms with E-state index < -0.39 is 5.41 Å². The molecule has 1 aliphatic heterocycles. The van der Waals surface area contributed by atoms with Crippen molar-refractivity contribution in [1.29, 1.82) is 0 Å². The van der Waals surface area contributed by atoms with Crippen molar-refractivity contribution in [2.45, 2.75) is 38.0 Å². The van der Waals surface area contributed by atoms with E-state index in [1.165, 1.54) is 6.07 Å². The lowest BCUT2D eigenvalue weighted by molar-refractivity contribution is -0.121. The van der Waals surface area contributed by atoms with Gasteiger partial charge in [-0.3, -0.25) is 9.59 Å². The minimum Gasteiger partial charge on any atom is -0.381 e. The SMILES string of the molecule is Cc1[nH]c2ccccc2c(=O)c1CCC(=O)NCC1(c2ccccc2F)CCOCC1. The molecule has 0 spiro atoms. The Morgan fingerprint density at radius 2 is 1.84 bits per heavy atom. The summed E-state index contributed by atoms with van der Waals surface area (Å²) in [5.41, 5.74) is 2.32. The van der Waals surface area contributed by atoms with E-state index in [4.69, 9.17) is 4.74 Å². The van der Waals surface area contributed by atoms with Crippen LogP contribution < -0.4 is 10.7 Å². The van der Waals surface area contributed by atoms with Crippen LogP contribution in [0.4, 0.5) is 4.39 Å². The molecule has 5 nitrogen and oxygen atoms in total. The van der Waals surface area contributed by atoms with Gasteiger partial charge >= 0.3 is 0 Å². The van der Waals surface area contributed by atoms with Crippen molar-refractivity contribution in [2.75, 3.05) is 19.8 Å². The van der Waals surface area contributed by atoms with Crippen LogP contribution in [-0.4, -0.2) is 30.6 Å². The fourth-order valence-electron chi connectivity index (χ4n) is 4.49. The monoisotopic (exact) mass is 422 g/mol. The number of aryl methyl sites for hydroxylation is 1. The van der Waals surface area contributed by atoms with Gasteiger partial charge in [0.15, 0.2) is 5.43 Å². The molecule has 0 aliphatic carbocycles. The maximum Gasteiger partial charge on any atom is 0.220 e. The number of amides is 1. The third-order valence-electron chi connectivity index (χ3n) is 6.34. The molecule has 0 saturated carbocycles. The number of nitrogens with one attached hydrogen (secondary N) is 2. The number of aromatic nitrogens is 1. The van der Waals surface area contributed by atoms with Gasteiger partial charge in [-0.15, -0.1) is 0 Å². The predicted molar refractivity (Wildman–Crippen MR) is 119 cm³/mol. The third kappa shape index (κ3) is 4.39. The molecule has 0 unspecified atom stereocenters. The average Bonchev–Trinajstić information content (AvgIpc) is 2.78. The van der Waals surface area contributed by atoms with Gasteiger partial charge in [-0.2, -0.15) is 0 Å². The molecule has 31 heavy (non-hydrogen) atoms. The van der Waals surface area contributed by atoms with Crippen LogP contribution in [0.25, 0.3) is 10.9 Å². The van der Waals surface area contributed by atoms with Crippen molar-refractivity contribution in [3.8, 4) is 0 Å². The molecular weight excluding hydrogens is 395 g/mol. The van der Waals surface area contributed by atoms with Gasteiger partial charge in [0.2, 0.25) is 5.91 Å². The van der Waals surface area contributed by atoms with Crippen LogP contribution in [0.1, 0.15) is 36.1 Å². The van der Waals surface area contributed by atoms with Crippen molar-refractivity contribution in [1.82, 2.24) is 10.3 Å². The van der Waals surface area contributed by atoms with Gasteiger partial charge in [0.05, 0.1) is 0 Å². The lowest BCUT2D eigenvalue weighted by Gasteiger charge is -2.38. The molecular formula is C25H27FN2O3. The van der Waals surface area contributed by atoms with Crippen LogP contribution >= 0.6 is 0 Å². The largest absolute Gasteiger partial charge is 0.381 e. The first-order chi connectivity index (χ1) is 15.0. The first kappa shape index (κ1) is 21.2. The molecule has 0 atom stereocenters. The van der Waals surface area contributed by atoms with Crippen LogP contribution in [0, 0.1) is 12.7 Å². The zero-order chi connectivity index (χ0) is 21.8. The van der Waals surface area contributed by atoms with E-state index in [-0.39, 0.29) is 23.6 Å². The topological polar surface area (TPSA) is 71.2 Å². The number of carbonyl (C=O) groups excluding carboxylic acids is 1. The number of fused-ring (bicyclic) bond motifs is 1. The number of benzene rings is 2. The smallest absolute Gasteiger partial charge is 0.220 e. The number of hydrogen-bond donors (Lipinski definition) is 2. The van der Waals surface area contributed by atoms with Crippen molar-refractivity contribution in [3.63, 3.8) is 0 Å². The normalized spacial score (nSPS) is 15.7. The van der Waals surface area contributed by atoms with Crippen molar-refractivity contribution < 1.29 is 13.9 Å². The summed E-state index contributed by atoms with van der Waals surface area (Å²) in [6, 6.07) is 14.1. The Morgan fingerprint density at radius 1 is 1.13 bits per heavy atom. The number of hydrogen-bond acceptors (Lipinski definition) is 3. The van der Waals surface area contributed by atoms with Gasteiger partial charge < -0.3 is 15.0 Å². The molecule has 1 fully saturated rings. The zero-order valence-electron chi connectivity index (χ0n) is 17.7. The van der Waals surface area contributed by atoms with Gasteiger partial charge in [0.1, 0.15) is 5.82 Å². The van der Waals surface area contributed by atoms with Crippen LogP contribution in [0.3, 0.4) is 0 Å². The van der Waals surface area contributed by atoms with E-state index in [1.807, 2.05) is 31.2 Å². The summed E-state index contributed by atoms with van der Waals surface area (Å²) in [7, 11) is 0. The standard InChI is InChI=1S/C25H27FN2O3/c1-17-18(24(30)19-6-2-5-9-22(19)28-17)10-11-23(29)27-16-25(12-14-31-15-13-25)20-7-3-4-8-21(20)26/h2-9H,10-16H2,1H3,(H,27,29)(H,28,30). The number of ether oxygens (including phenoxy) is 1. The molecule has 1 aliphatic rings. The van der Waals surface area contributed by atoms with Gasteiger partial charge in [-0.25, -0.2) is 4.39 Å². The molecule has 4 rings (SSSR count). The van der Waals surface area contributed by atoms with Crippen LogP contribution in [0.5, 0.6) is 0 Å². The van der Waals surface area contributed by atoms with Gasteiger partial charge in [-0.1, -0.05) is 30.3 Å². The van der Waals surface area contributed by atoms with Crippen LogP contribution in [0.15, 0.2) is 53.3 Å². The number of H-pyrrole nitrogens is 1. The van der Waals surface area contributed by atoms with Gasteiger partial charge in [0, 0.05) is 53.8 Å². The average molecular weight is 423 g/mol. The van der Waals surface area contributed by atoms with Crippen LogP contribution in [-0.2, 0) is 21.4 Å². The first-order valence-corrected chi connectivity index (χ1v) is 10.7. The second-order valence-electron chi connectivity index (χ2n) is 8.25. The number of carbonyl (C=O) groups is 1. The van der Waals surface area contributed by atoms with Gasteiger partial charge in [0.25, 0.3) is 0 Å². The Morgan fingerprint density at radius 3 is 2.61 bits per heavy atom. The highest BCUT2D eigenvalue weighted by molar-refractivity contribution is 5.80. The molecule has 2 heterocycles. The van der Waals surface area contributed by atoms with Crippen LogP contribution in [0.2, 0.25) is 0 Å². The quantitative estimate of drug-likeness (QED) is 0.635. The Kier molecular flexibility index (Phi) is 6.18. The van der Waals surface area contributed by atoms with E-state index in [0.717, 1.165) is 11.2 Å². The zero-order valence-corrected chi connectivity index (χ0v) is 17.7. The van der Waals surface area contributed by atoms with Crippen molar-refractivity contribution >= 4 is 16.8 Å². The minimum absolute atomic E-state index is 0.0353. The molecule has 162 valence electrons. The highest BCUT2D eigenvalue weighted by Crippen LogP contribution is 2.35. The molecule has 3 aromatic rings. The molecule has 0 bridgehead atoms. The maximum atomic E-state index is 14.5. The Labute approximate surface area is 180 Å². The minimum atomic E-state index is -0.477. The summed E-state index contributed by atoms with van der Waals surface area (Å²) in [6.45, 7) is 3.28. The van der Waals surface area contributed by atoms with Crippen molar-refractivity contribution in [3.05, 3.63) is 81.4 Å². The van der Waals surface area contributed by atoms with E-state index in [0.29, 0.717) is 55.5 Å². The summed E-state index contributed by atoms with van der Waals surface area (Å²) in [6.07, 6.45) is 1.86. The Bertz CT molecular complexity index is 1150. The fraction of sp³-hybridized carbons (Fsp3) is 0.360. The number of para-hydroxylation sites is 1. The number of pyridine rings is 1. The summed E-state index contributed by atoms with van der Waals surface area (Å²) < 4.78 is 20.0. The molecule has 2 N–H and O–H groups in total. The molecule has 1 aromatic heterocycles. The molecule has 2 aromatic carbocycles. The molecule has 0 radical (unpaired) electrons. The maximum absolute atomic E-state index is 14.5. The summed E-state index contributed by atoms with van der Waals surface area (Å²) in [4.78, 5) is 28.7. The Balaban J connectivity index is 1.46. The lowest BCUT2D eigenvalue weighted by atomic mass is 9.74. The fourth-order valence-corrected chi connectivity index (χ4v) is 4.49. The highest BCUT2D eigenvalue weighted by atomic mass is 19.1. The number of rotatable bonds is 6. The molecule has 1 amide bonds. The van der Waals surface area contributed by atoms with Gasteiger partial charge in [-0.05, 0) is 49.9 Å².